The number of ether oxygens (including phenoxy) is 1. The number of Topliss-reactive ketones (excluding diaryl/α,β-unsaturated/α-hetero) is 1. The molecule has 0 fully saturated rings. The molecule has 1 rings (SSSR count). The number of benzene rings is 1. The number of methoxy groups -OCH3 is 1. The molecule has 88 valence electrons. The summed E-state index contributed by atoms with van der Waals surface area (Å²) in [5, 5.41) is 0.544. The third-order valence-corrected chi connectivity index (χ3v) is 2.89. The van der Waals surface area contributed by atoms with E-state index in [2.05, 4.69) is 13.8 Å². The molecule has 1 aromatic carbocycles. The topological polar surface area (TPSA) is 26.3 Å². The van der Waals surface area contributed by atoms with Gasteiger partial charge in [0.25, 0.3) is 0 Å². The molecule has 0 saturated carbocycles. The highest BCUT2D eigenvalue weighted by Gasteiger charge is 2.12. The lowest BCUT2D eigenvalue weighted by Crippen LogP contribution is -2.01. The quantitative estimate of drug-likeness (QED) is 0.804. The maximum atomic E-state index is 11.1. The van der Waals surface area contributed by atoms with E-state index < -0.39 is 0 Å². The van der Waals surface area contributed by atoms with Crippen LogP contribution in [0.2, 0.25) is 5.02 Å². The highest BCUT2D eigenvalue weighted by atomic mass is 35.5. The van der Waals surface area contributed by atoms with Crippen LogP contribution in [0.5, 0.6) is 5.75 Å². The SMILES string of the molecule is COc1cc(C(C)C)cc(CC(C)=O)c1Cl. The second-order valence-corrected chi connectivity index (χ2v) is 4.61. The van der Waals surface area contributed by atoms with E-state index in [0.717, 1.165) is 11.1 Å². The standard InChI is InChI=1S/C13H17ClO2/c1-8(2)10-6-11(5-9(3)15)13(14)12(7-10)16-4/h6-8H,5H2,1-4H3. The second-order valence-electron chi connectivity index (χ2n) is 4.23. The second kappa shape index (κ2) is 5.35. The summed E-state index contributed by atoms with van der Waals surface area (Å²) in [6.07, 6.45) is 0.357. The first-order valence-corrected chi connectivity index (χ1v) is 5.69. The number of carbonyl (C=O) groups is 1. The Morgan fingerprint density at radius 2 is 2.06 bits per heavy atom. The molecule has 0 radical (unpaired) electrons. The van der Waals surface area contributed by atoms with Gasteiger partial charge in [-0.25, -0.2) is 0 Å². The van der Waals surface area contributed by atoms with Crippen molar-refractivity contribution < 1.29 is 9.53 Å². The normalized spacial score (nSPS) is 10.6. The minimum Gasteiger partial charge on any atom is -0.495 e. The maximum Gasteiger partial charge on any atom is 0.138 e. The van der Waals surface area contributed by atoms with Crippen LogP contribution in [0.4, 0.5) is 0 Å². The van der Waals surface area contributed by atoms with Crippen molar-refractivity contribution in [3.8, 4) is 5.75 Å². The van der Waals surface area contributed by atoms with Crippen molar-refractivity contribution in [3.63, 3.8) is 0 Å². The molecule has 0 amide bonds. The molecule has 0 aliphatic rings. The zero-order valence-electron chi connectivity index (χ0n) is 10.1. The minimum atomic E-state index is 0.102. The van der Waals surface area contributed by atoms with Crippen molar-refractivity contribution in [2.75, 3.05) is 7.11 Å². The summed E-state index contributed by atoms with van der Waals surface area (Å²) >= 11 is 6.15. The van der Waals surface area contributed by atoms with Gasteiger partial charge in [-0.05, 0) is 30.0 Å². The van der Waals surface area contributed by atoms with Crippen LogP contribution in [0.15, 0.2) is 12.1 Å². The molecule has 0 aliphatic carbocycles. The van der Waals surface area contributed by atoms with Crippen molar-refractivity contribution in [1.82, 2.24) is 0 Å². The van der Waals surface area contributed by atoms with Gasteiger partial charge in [-0.3, -0.25) is 4.79 Å². The first-order valence-electron chi connectivity index (χ1n) is 5.31. The monoisotopic (exact) mass is 240 g/mol. The van der Waals surface area contributed by atoms with Crippen molar-refractivity contribution in [3.05, 3.63) is 28.3 Å². The van der Waals surface area contributed by atoms with Crippen LogP contribution in [-0.2, 0) is 11.2 Å². The van der Waals surface area contributed by atoms with Gasteiger partial charge in [-0.2, -0.15) is 0 Å². The lowest BCUT2D eigenvalue weighted by molar-refractivity contribution is -0.116. The highest BCUT2D eigenvalue weighted by molar-refractivity contribution is 6.33. The fourth-order valence-corrected chi connectivity index (χ4v) is 1.81. The van der Waals surface area contributed by atoms with E-state index in [0.29, 0.717) is 23.1 Å². The van der Waals surface area contributed by atoms with Crippen LogP contribution < -0.4 is 4.74 Å². The molecule has 0 aromatic heterocycles. The smallest absolute Gasteiger partial charge is 0.138 e. The largest absolute Gasteiger partial charge is 0.495 e. The van der Waals surface area contributed by atoms with Crippen LogP contribution in [0.25, 0.3) is 0 Å². The molecule has 3 heteroatoms. The van der Waals surface area contributed by atoms with E-state index in [9.17, 15) is 4.79 Å². The zero-order valence-corrected chi connectivity index (χ0v) is 10.9. The van der Waals surface area contributed by atoms with E-state index in [4.69, 9.17) is 16.3 Å². The Bertz CT molecular complexity index is 397. The average molecular weight is 241 g/mol. The molecular formula is C13H17ClO2. The van der Waals surface area contributed by atoms with E-state index in [1.165, 1.54) is 0 Å². The van der Waals surface area contributed by atoms with Crippen molar-refractivity contribution in [1.29, 1.82) is 0 Å². The highest BCUT2D eigenvalue weighted by Crippen LogP contribution is 2.32. The molecule has 2 nitrogen and oxygen atoms in total. The summed E-state index contributed by atoms with van der Waals surface area (Å²) in [5.41, 5.74) is 1.98. The van der Waals surface area contributed by atoms with Crippen molar-refractivity contribution in [2.24, 2.45) is 0 Å². The first kappa shape index (κ1) is 13.0. The van der Waals surface area contributed by atoms with Gasteiger partial charge in [-0.1, -0.05) is 31.5 Å². The lowest BCUT2D eigenvalue weighted by Gasteiger charge is -2.13. The van der Waals surface area contributed by atoms with Crippen LogP contribution in [0.3, 0.4) is 0 Å². The molecule has 0 aliphatic heterocycles. The number of halogens is 1. The van der Waals surface area contributed by atoms with Crippen molar-refractivity contribution >= 4 is 17.4 Å². The molecule has 0 spiro atoms. The van der Waals surface area contributed by atoms with E-state index in [-0.39, 0.29) is 5.78 Å². The third kappa shape index (κ3) is 2.99. The summed E-state index contributed by atoms with van der Waals surface area (Å²) in [5.74, 6) is 1.13. The number of rotatable bonds is 4. The molecule has 0 N–H and O–H groups in total. The van der Waals surface area contributed by atoms with Gasteiger partial charge in [0.05, 0.1) is 12.1 Å². The summed E-state index contributed by atoms with van der Waals surface area (Å²) < 4.78 is 5.21. The molecule has 1 aromatic rings. The molecule has 0 bridgehead atoms. The minimum absolute atomic E-state index is 0.102. The Labute approximate surface area is 102 Å². The van der Waals surface area contributed by atoms with Gasteiger partial charge in [0.1, 0.15) is 11.5 Å². The average Bonchev–Trinajstić information content (AvgIpc) is 2.20. The summed E-state index contributed by atoms with van der Waals surface area (Å²) in [6.45, 7) is 5.76. The fourth-order valence-electron chi connectivity index (χ4n) is 1.56. The Morgan fingerprint density at radius 3 is 2.50 bits per heavy atom. The Balaban J connectivity index is 3.24. The molecular weight excluding hydrogens is 224 g/mol. The summed E-state index contributed by atoms with van der Waals surface area (Å²) in [7, 11) is 1.59. The van der Waals surface area contributed by atoms with Gasteiger partial charge in [-0.15, -0.1) is 0 Å². The Morgan fingerprint density at radius 1 is 1.44 bits per heavy atom. The van der Waals surface area contributed by atoms with E-state index in [1.807, 2.05) is 12.1 Å². The Kier molecular flexibility index (Phi) is 4.36. The number of hydrogen-bond acceptors (Lipinski definition) is 2. The van der Waals surface area contributed by atoms with Crippen LogP contribution in [0.1, 0.15) is 37.8 Å². The molecule has 16 heavy (non-hydrogen) atoms. The first-order chi connectivity index (χ1) is 7.45. The van der Waals surface area contributed by atoms with Gasteiger partial charge in [0.15, 0.2) is 0 Å². The summed E-state index contributed by atoms with van der Waals surface area (Å²) in [6, 6.07) is 3.91. The number of carbonyl (C=O) groups excluding carboxylic acids is 1. The van der Waals surface area contributed by atoms with Gasteiger partial charge in [0.2, 0.25) is 0 Å². The maximum absolute atomic E-state index is 11.1. The third-order valence-electron chi connectivity index (χ3n) is 2.46. The molecule has 0 saturated heterocycles. The van der Waals surface area contributed by atoms with Gasteiger partial charge >= 0.3 is 0 Å². The van der Waals surface area contributed by atoms with Crippen LogP contribution in [-0.4, -0.2) is 12.9 Å². The summed E-state index contributed by atoms with van der Waals surface area (Å²) in [4.78, 5) is 11.1. The molecule has 0 atom stereocenters. The molecule has 0 unspecified atom stereocenters. The number of ketones is 1. The van der Waals surface area contributed by atoms with E-state index in [1.54, 1.807) is 14.0 Å². The fraction of sp³-hybridized carbons (Fsp3) is 0.462. The van der Waals surface area contributed by atoms with Gasteiger partial charge in [0, 0.05) is 6.42 Å². The van der Waals surface area contributed by atoms with Crippen LogP contribution >= 0.6 is 11.6 Å². The predicted octanol–water partition coefficient (Wildman–Crippen LogP) is 3.60. The van der Waals surface area contributed by atoms with Crippen LogP contribution in [0, 0.1) is 0 Å². The lowest BCUT2D eigenvalue weighted by atomic mass is 9.98. The van der Waals surface area contributed by atoms with E-state index >= 15 is 0 Å². The Hall–Kier alpha value is -1.02. The van der Waals surface area contributed by atoms with Gasteiger partial charge < -0.3 is 4.74 Å². The molecule has 0 heterocycles. The predicted molar refractivity (Wildman–Crippen MR) is 66.5 cm³/mol. The van der Waals surface area contributed by atoms with Crippen molar-refractivity contribution in [2.45, 2.75) is 33.1 Å². The zero-order chi connectivity index (χ0) is 12.3. The number of hydrogen-bond donors (Lipinski definition) is 0.